The number of hydrogen-bond donors (Lipinski definition) is 1. The van der Waals surface area contributed by atoms with Crippen LogP contribution in [0.1, 0.15) is 27.4 Å². The third kappa shape index (κ3) is 4.33. The molecular formula is C24H24N4O2. The van der Waals surface area contributed by atoms with Crippen molar-refractivity contribution in [2.24, 2.45) is 0 Å². The zero-order chi connectivity index (χ0) is 20.9. The maximum atomic E-state index is 12.4. The number of aromatic nitrogens is 3. The van der Waals surface area contributed by atoms with Gasteiger partial charge in [-0.15, -0.1) is 0 Å². The van der Waals surface area contributed by atoms with Gasteiger partial charge in [-0.25, -0.2) is 4.98 Å². The Hall–Kier alpha value is -3.67. The number of hydrogen-bond acceptors (Lipinski definition) is 4. The van der Waals surface area contributed by atoms with E-state index in [4.69, 9.17) is 9.72 Å². The minimum Gasteiger partial charge on any atom is -0.492 e. The lowest BCUT2D eigenvalue weighted by atomic mass is 10.1. The zero-order valence-electron chi connectivity index (χ0n) is 17.1. The van der Waals surface area contributed by atoms with Crippen LogP contribution in [0.5, 0.6) is 5.75 Å². The number of fused-ring (bicyclic) bond motifs is 1. The topological polar surface area (TPSA) is 69.0 Å². The average Bonchev–Trinajstić information content (AvgIpc) is 3.13. The lowest BCUT2D eigenvalue weighted by Crippen LogP contribution is -2.26. The summed E-state index contributed by atoms with van der Waals surface area (Å²) in [6, 6.07) is 19.3. The first-order chi connectivity index (χ1) is 14.6. The molecular weight excluding hydrogens is 376 g/mol. The van der Waals surface area contributed by atoms with Crippen LogP contribution < -0.4 is 10.1 Å². The van der Waals surface area contributed by atoms with Crippen molar-refractivity contribution in [3.63, 3.8) is 0 Å². The number of ether oxygens (including phenoxy) is 1. The van der Waals surface area contributed by atoms with Crippen LogP contribution in [0.4, 0.5) is 0 Å². The summed E-state index contributed by atoms with van der Waals surface area (Å²) in [6.45, 7) is 5.61. The summed E-state index contributed by atoms with van der Waals surface area (Å²) in [4.78, 5) is 21.2. The van der Waals surface area contributed by atoms with Crippen LogP contribution in [-0.4, -0.2) is 27.0 Å². The fourth-order valence-electron chi connectivity index (χ4n) is 3.32. The van der Waals surface area contributed by atoms with Gasteiger partial charge in [0.1, 0.15) is 23.9 Å². The first-order valence-electron chi connectivity index (χ1n) is 9.95. The second kappa shape index (κ2) is 8.78. The van der Waals surface area contributed by atoms with Gasteiger partial charge in [0.2, 0.25) is 0 Å². The van der Waals surface area contributed by atoms with Gasteiger partial charge in [0.15, 0.2) is 0 Å². The van der Waals surface area contributed by atoms with Crippen molar-refractivity contribution >= 4 is 16.9 Å². The molecule has 0 aliphatic rings. The summed E-state index contributed by atoms with van der Waals surface area (Å²) in [6.07, 6.45) is 1.61. The summed E-state index contributed by atoms with van der Waals surface area (Å²) in [5.74, 6) is 1.41. The number of nitrogens with one attached hydrogen (secondary N) is 1. The van der Waals surface area contributed by atoms with E-state index < -0.39 is 0 Å². The van der Waals surface area contributed by atoms with E-state index in [2.05, 4.69) is 40.8 Å². The molecule has 2 heterocycles. The third-order valence-electron chi connectivity index (χ3n) is 5.10. The van der Waals surface area contributed by atoms with Crippen LogP contribution in [0.3, 0.4) is 0 Å². The Kier molecular flexibility index (Phi) is 5.75. The molecule has 0 saturated heterocycles. The second-order valence-corrected chi connectivity index (χ2v) is 7.16. The summed E-state index contributed by atoms with van der Waals surface area (Å²) in [7, 11) is 0. The van der Waals surface area contributed by atoms with Gasteiger partial charge in [0, 0.05) is 6.20 Å². The lowest BCUT2D eigenvalue weighted by Gasteiger charge is -2.12. The number of imidazole rings is 1. The normalized spacial score (nSPS) is 10.9. The number of amides is 1. The number of rotatable bonds is 7. The number of aryl methyl sites for hydroxylation is 2. The first kappa shape index (κ1) is 19.6. The molecule has 4 aromatic rings. The second-order valence-electron chi connectivity index (χ2n) is 7.16. The first-order valence-corrected chi connectivity index (χ1v) is 9.95. The van der Waals surface area contributed by atoms with E-state index in [0.29, 0.717) is 25.4 Å². The monoisotopic (exact) mass is 400 g/mol. The number of nitrogens with zero attached hydrogens (tertiary/aromatic N) is 3. The Morgan fingerprint density at radius 1 is 1.03 bits per heavy atom. The van der Waals surface area contributed by atoms with E-state index in [9.17, 15) is 4.79 Å². The number of para-hydroxylation sites is 2. The largest absolute Gasteiger partial charge is 0.492 e. The molecule has 30 heavy (non-hydrogen) atoms. The highest BCUT2D eigenvalue weighted by Crippen LogP contribution is 2.18. The predicted octanol–water partition coefficient (Wildman–Crippen LogP) is 4.06. The minimum absolute atomic E-state index is 0.222. The SMILES string of the molecule is Cc1ccc(OCCn2c(CNC(=O)c3ccccn3)nc3ccccc32)cc1C. The molecule has 0 bridgehead atoms. The highest BCUT2D eigenvalue weighted by Gasteiger charge is 2.13. The summed E-state index contributed by atoms with van der Waals surface area (Å²) in [5.41, 5.74) is 4.75. The molecule has 1 N–H and O–H groups in total. The Morgan fingerprint density at radius 2 is 1.87 bits per heavy atom. The molecule has 0 aliphatic carbocycles. The van der Waals surface area contributed by atoms with E-state index >= 15 is 0 Å². The fourth-order valence-corrected chi connectivity index (χ4v) is 3.32. The maximum Gasteiger partial charge on any atom is 0.270 e. The smallest absolute Gasteiger partial charge is 0.270 e. The van der Waals surface area contributed by atoms with Crippen LogP contribution in [0.15, 0.2) is 66.9 Å². The van der Waals surface area contributed by atoms with Gasteiger partial charge in [-0.1, -0.05) is 24.3 Å². The van der Waals surface area contributed by atoms with Crippen molar-refractivity contribution in [1.29, 1.82) is 0 Å². The number of carbonyl (C=O) groups is 1. The fraction of sp³-hybridized carbons (Fsp3) is 0.208. The number of benzene rings is 2. The molecule has 0 unspecified atom stereocenters. The molecule has 1 amide bonds. The molecule has 4 rings (SSSR count). The molecule has 6 heteroatoms. The molecule has 0 spiro atoms. The predicted molar refractivity (Wildman–Crippen MR) is 117 cm³/mol. The third-order valence-corrected chi connectivity index (χ3v) is 5.10. The number of carbonyl (C=O) groups excluding carboxylic acids is 1. The van der Waals surface area contributed by atoms with Gasteiger partial charge in [-0.05, 0) is 61.4 Å². The lowest BCUT2D eigenvalue weighted by molar-refractivity contribution is 0.0944. The Labute approximate surface area is 175 Å². The van der Waals surface area contributed by atoms with Gasteiger partial charge < -0.3 is 14.6 Å². The van der Waals surface area contributed by atoms with E-state index in [-0.39, 0.29) is 5.91 Å². The van der Waals surface area contributed by atoms with Crippen molar-refractivity contribution in [2.45, 2.75) is 26.9 Å². The summed E-state index contributed by atoms with van der Waals surface area (Å²) >= 11 is 0. The highest BCUT2D eigenvalue weighted by atomic mass is 16.5. The van der Waals surface area contributed by atoms with Crippen LogP contribution >= 0.6 is 0 Å². The van der Waals surface area contributed by atoms with Crippen molar-refractivity contribution in [3.8, 4) is 5.75 Å². The Balaban J connectivity index is 1.48. The maximum absolute atomic E-state index is 12.4. The molecule has 2 aromatic heterocycles. The van der Waals surface area contributed by atoms with Crippen molar-refractivity contribution < 1.29 is 9.53 Å². The Bertz CT molecular complexity index is 1170. The molecule has 2 aromatic carbocycles. The van der Waals surface area contributed by atoms with Crippen LogP contribution in [-0.2, 0) is 13.1 Å². The molecule has 0 aliphatic heterocycles. The molecule has 0 atom stereocenters. The molecule has 152 valence electrons. The number of pyridine rings is 1. The van der Waals surface area contributed by atoms with E-state index in [1.165, 1.54) is 11.1 Å². The van der Waals surface area contributed by atoms with Crippen molar-refractivity contribution in [1.82, 2.24) is 19.9 Å². The van der Waals surface area contributed by atoms with E-state index in [1.54, 1.807) is 24.4 Å². The average molecular weight is 400 g/mol. The van der Waals surface area contributed by atoms with E-state index in [0.717, 1.165) is 22.6 Å². The van der Waals surface area contributed by atoms with Crippen LogP contribution in [0.25, 0.3) is 11.0 Å². The van der Waals surface area contributed by atoms with Gasteiger partial charge in [0.05, 0.1) is 24.1 Å². The standard InChI is InChI=1S/C24H24N4O2/c1-17-10-11-19(15-18(17)2)30-14-13-28-22-9-4-3-7-20(22)27-23(28)16-26-24(29)21-8-5-6-12-25-21/h3-12,15H,13-14,16H2,1-2H3,(H,26,29). The van der Waals surface area contributed by atoms with Crippen molar-refractivity contribution in [3.05, 3.63) is 89.5 Å². The van der Waals surface area contributed by atoms with Crippen LogP contribution in [0, 0.1) is 13.8 Å². The van der Waals surface area contributed by atoms with Gasteiger partial charge in [0.25, 0.3) is 5.91 Å². The summed E-state index contributed by atoms with van der Waals surface area (Å²) in [5, 5.41) is 2.91. The van der Waals surface area contributed by atoms with Gasteiger partial charge in [-0.3, -0.25) is 9.78 Å². The zero-order valence-corrected chi connectivity index (χ0v) is 17.1. The molecule has 0 fully saturated rings. The molecule has 6 nitrogen and oxygen atoms in total. The minimum atomic E-state index is -0.222. The summed E-state index contributed by atoms with van der Waals surface area (Å²) < 4.78 is 8.06. The Morgan fingerprint density at radius 3 is 2.67 bits per heavy atom. The van der Waals surface area contributed by atoms with E-state index in [1.807, 2.05) is 30.3 Å². The molecule has 0 radical (unpaired) electrons. The van der Waals surface area contributed by atoms with Crippen LogP contribution in [0.2, 0.25) is 0 Å². The highest BCUT2D eigenvalue weighted by molar-refractivity contribution is 5.92. The quantitative estimate of drug-likeness (QED) is 0.508. The van der Waals surface area contributed by atoms with Crippen molar-refractivity contribution in [2.75, 3.05) is 6.61 Å². The van der Waals surface area contributed by atoms with Gasteiger partial charge in [-0.2, -0.15) is 0 Å². The van der Waals surface area contributed by atoms with Gasteiger partial charge >= 0.3 is 0 Å². The molecule has 0 saturated carbocycles.